The Labute approximate surface area is 123 Å². The van der Waals surface area contributed by atoms with Crippen LogP contribution in [-0.4, -0.2) is 36.5 Å². The van der Waals surface area contributed by atoms with Gasteiger partial charge in [-0.1, -0.05) is 12.1 Å². The van der Waals surface area contributed by atoms with E-state index in [-0.39, 0.29) is 31.0 Å². The Hall–Kier alpha value is -1.75. The van der Waals surface area contributed by atoms with E-state index in [2.05, 4.69) is 0 Å². The number of piperidine rings is 1. The van der Waals surface area contributed by atoms with Gasteiger partial charge in [0.2, 0.25) is 0 Å². The van der Waals surface area contributed by atoms with Crippen molar-refractivity contribution >= 4 is 30.0 Å². The van der Waals surface area contributed by atoms with Crippen LogP contribution in [0.25, 0.3) is 0 Å². The first-order chi connectivity index (χ1) is 9.27. The maximum absolute atomic E-state index is 12.5. The van der Waals surface area contributed by atoms with E-state index in [1.54, 1.807) is 23.1 Å². The van der Waals surface area contributed by atoms with Gasteiger partial charge in [-0.2, -0.15) is 0 Å². The highest BCUT2D eigenvalue weighted by Gasteiger charge is 2.33. The molecule has 2 aliphatic heterocycles. The number of urea groups is 1. The van der Waals surface area contributed by atoms with E-state index in [1.807, 2.05) is 6.07 Å². The number of hydrogen-bond acceptors (Lipinski definition) is 3. The lowest BCUT2D eigenvalue weighted by atomic mass is 10.1. The fourth-order valence-corrected chi connectivity index (χ4v) is 2.54. The van der Waals surface area contributed by atoms with E-state index in [0.29, 0.717) is 11.4 Å². The zero-order chi connectivity index (χ0) is 13.2. The molecule has 0 aromatic heterocycles. The highest BCUT2D eigenvalue weighted by Crippen LogP contribution is 2.32. The molecule has 20 heavy (non-hydrogen) atoms. The third-order valence-corrected chi connectivity index (χ3v) is 3.52. The lowest BCUT2D eigenvalue weighted by molar-refractivity contribution is -0.120. The van der Waals surface area contributed by atoms with Crippen LogP contribution in [0.5, 0.6) is 5.75 Å². The summed E-state index contributed by atoms with van der Waals surface area (Å²) in [5.74, 6) is 0.293. The molecule has 0 spiro atoms. The van der Waals surface area contributed by atoms with Gasteiger partial charge in [-0.25, -0.2) is 9.69 Å². The summed E-state index contributed by atoms with van der Waals surface area (Å²) >= 11 is 0. The largest absolute Gasteiger partial charge is 0.482 e. The Kier molecular flexibility index (Phi) is 4.49. The van der Waals surface area contributed by atoms with Crippen LogP contribution in [0.1, 0.15) is 19.3 Å². The number of carbonyl (C=O) groups is 2. The maximum Gasteiger partial charge on any atom is 0.331 e. The fraction of sp³-hybridized carbons (Fsp3) is 0.429. The molecule has 6 heteroatoms. The summed E-state index contributed by atoms with van der Waals surface area (Å²) in [5, 5.41) is 0. The number of ether oxygens (including phenoxy) is 1. The molecule has 0 atom stereocenters. The summed E-state index contributed by atoms with van der Waals surface area (Å²) in [7, 11) is 0. The third-order valence-electron chi connectivity index (χ3n) is 3.52. The van der Waals surface area contributed by atoms with E-state index in [1.165, 1.54) is 4.90 Å². The van der Waals surface area contributed by atoms with Crippen LogP contribution >= 0.6 is 12.4 Å². The van der Waals surface area contributed by atoms with Gasteiger partial charge in [0, 0.05) is 13.1 Å². The molecule has 2 heterocycles. The minimum Gasteiger partial charge on any atom is -0.482 e. The molecule has 0 aliphatic carbocycles. The highest BCUT2D eigenvalue weighted by molar-refractivity contribution is 6.16. The van der Waals surface area contributed by atoms with E-state index >= 15 is 0 Å². The molecular weight excluding hydrogens is 280 g/mol. The minimum atomic E-state index is -0.297. The van der Waals surface area contributed by atoms with Crippen molar-refractivity contribution < 1.29 is 14.3 Å². The number of likely N-dealkylation sites (tertiary alicyclic amines) is 1. The minimum absolute atomic E-state index is 0. The summed E-state index contributed by atoms with van der Waals surface area (Å²) in [5.41, 5.74) is 0.550. The van der Waals surface area contributed by atoms with Gasteiger partial charge in [-0.05, 0) is 31.4 Å². The number of hydrogen-bond donors (Lipinski definition) is 0. The van der Waals surface area contributed by atoms with Crippen molar-refractivity contribution in [3.05, 3.63) is 24.3 Å². The number of benzene rings is 1. The number of para-hydroxylation sites is 2. The van der Waals surface area contributed by atoms with E-state index in [9.17, 15) is 9.59 Å². The van der Waals surface area contributed by atoms with Crippen LogP contribution in [0, 0.1) is 0 Å². The van der Waals surface area contributed by atoms with Crippen LogP contribution in [0.4, 0.5) is 10.5 Å². The Balaban J connectivity index is 0.00000147. The molecule has 1 aromatic rings. The second-order valence-electron chi connectivity index (χ2n) is 4.82. The summed E-state index contributed by atoms with van der Waals surface area (Å²) in [6, 6.07) is 6.93. The molecule has 1 aromatic carbocycles. The van der Waals surface area contributed by atoms with Crippen LogP contribution in [0.15, 0.2) is 24.3 Å². The molecule has 0 saturated carbocycles. The smallest absolute Gasteiger partial charge is 0.331 e. The lowest BCUT2D eigenvalue weighted by Crippen LogP contribution is -2.51. The standard InChI is InChI=1S/C14H16N2O3.ClH/c17-13-10-19-12-7-3-2-6-11(12)16(13)14(18)15-8-4-1-5-9-15;/h2-3,6-7H,1,4-5,8-10H2;1H. The van der Waals surface area contributed by atoms with Crippen molar-refractivity contribution in [1.29, 1.82) is 0 Å². The molecule has 2 aliphatic rings. The zero-order valence-corrected chi connectivity index (χ0v) is 11.9. The number of carbonyl (C=O) groups excluding carboxylic acids is 2. The molecule has 0 radical (unpaired) electrons. The molecule has 1 fully saturated rings. The topological polar surface area (TPSA) is 49.9 Å². The quantitative estimate of drug-likeness (QED) is 0.739. The van der Waals surface area contributed by atoms with Gasteiger partial charge in [0.15, 0.2) is 6.61 Å². The van der Waals surface area contributed by atoms with Crippen molar-refractivity contribution in [3.63, 3.8) is 0 Å². The molecule has 3 rings (SSSR count). The van der Waals surface area contributed by atoms with E-state index < -0.39 is 0 Å². The third kappa shape index (κ3) is 2.58. The number of anilines is 1. The van der Waals surface area contributed by atoms with Crippen LogP contribution < -0.4 is 9.64 Å². The van der Waals surface area contributed by atoms with Gasteiger partial charge in [0.1, 0.15) is 5.75 Å². The Bertz CT molecular complexity index is 515. The Morgan fingerprint density at radius 1 is 1.10 bits per heavy atom. The van der Waals surface area contributed by atoms with E-state index in [0.717, 1.165) is 32.4 Å². The first-order valence-electron chi connectivity index (χ1n) is 6.61. The van der Waals surface area contributed by atoms with Crippen molar-refractivity contribution in [2.45, 2.75) is 19.3 Å². The van der Waals surface area contributed by atoms with Crippen LogP contribution in [-0.2, 0) is 4.79 Å². The second kappa shape index (κ2) is 6.13. The van der Waals surface area contributed by atoms with Gasteiger partial charge in [0.05, 0.1) is 5.69 Å². The highest BCUT2D eigenvalue weighted by atomic mass is 35.5. The van der Waals surface area contributed by atoms with Crippen molar-refractivity contribution in [2.24, 2.45) is 0 Å². The summed E-state index contributed by atoms with van der Waals surface area (Å²) in [6.45, 7) is 1.38. The Morgan fingerprint density at radius 2 is 1.80 bits per heavy atom. The van der Waals surface area contributed by atoms with Crippen molar-refractivity contribution in [2.75, 3.05) is 24.6 Å². The fourth-order valence-electron chi connectivity index (χ4n) is 2.54. The second-order valence-corrected chi connectivity index (χ2v) is 4.82. The SMILES string of the molecule is Cl.O=C1COc2ccccc2N1C(=O)N1CCCCC1. The number of nitrogens with zero attached hydrogens (tertiary/aromatic N) is 2. The molecule has 108 valence electrons. The maximum atomic E-state index is 12.5. The molecule has 5 nitrogen and oxygen atoms in total. The van der Waals surface area contributed by atoms with Gasteiger partial charge < -0.3 is 9.64 Å². The summed E-state index contributed by atoms with van der Waals surface area (Å²) in [4.78, 5) is 27.5. The molecule has 0 bridgehead atoms. The average Bonchev–Trinajstić information content (AvgIpc) is 2.47. The Morgan fingerprint density at radius 3 is 2.55 bits per heavy atom. The van der Waals surface area contributed by atoms with Gasteiger partial charge in [0.25, 0.3) is 5.91 Å². The van der Waals surface area contributed by atoms with Gasteiger partial charge >= 0.3 is 6.03 Å². The van der Waals surface area contributed by atoms with Crippen LogP contribution in [0.3, 0.4) is 0 Å². The molecule has 0 N–H and O–H groups in total. The zero-order valence-electron chi connectivity index (χ0n) is 11.1. The predicted molar refractivity (Wildman–Crippen MR) is 77.5 cm³/mol. The first-order valence-corrected chi connectivity index (χ1v) is 6.61. The van der Waals surface area contributed by atoms with Crippen molar-refractivity contribution in [3.8, 4) is 5.75 Å². The number of rotatable bonds is 0. The molecular formula is C14H17ClN2O3. The van der Waals surface area contributed by atoms with Gasteiger partial charge in [-0.3, -0.25) is 4.79 Å². The monoisotopic (exact) mass is 296 g/mol. The molecule has 3 amide bonds. The molecule has 1 saturated heterocycles. The van der Waals surface area contributed by atoms with Gasteiger partial charge in [-0.15, -0.1) is 12.4 Å². The summed E-state index contributed by atoms with van der Waals surface area (Å²) in [6.07, 6.45) is 3.16. The van der Waals surface area contributed by atoms with E-state index in [4.69, 9.17) is 4.74 Å². The number of halogens is 1. The van der Waals surface area contributed by atoms with Crippen LogP contribution in [0.2, 0.25) is 0 Å². The average molecular weight is 297 g/mol. The first kappa shape index (κ1) is 14.7. The number of imide groups is 1. The predicted octanol–water partition coefficient (Wildman–Crippen LogP) is 2.44. The molecule has 0 unspecified atom stereocenters. The normalized spacial score (nSPS) is 17.9. The number of fused-ring (bicyclic) bond motifs is 1. The lowest BCUT2D eigenvalue weighted by Gasteiger charge is -2.34. The number of amides is 3. The summed E-state index contributed by atoms with van der Waals surface area (Å²) < 4.78 is 5.34. The van der Waals surface area contributed by atoms with Crippen molar-refractivity contribution in [1.82, 2.24) is 4.90 Å².